The summed E-state index contributed by atoms with van der Waals surface area (Å²) in [5.74, 6) is 0. The SMILES string of the molecule is [C-]#[N+]C(C#N)=Cc1cc(C=C)cc(C=C)c1. The van der Waals surface area contributed by atoms with Crippen LogP contribution in [0.3, 0.4) is 0 Å². The van der Waals surface area contributed by atoms with Crippen LogP contribution in [0.1, 0.15) is 16.7 Å². The van der Waals surface area contributed by atoms with Crippen LogP contribution in [0.15, 0.2) is 37.1 Å². The lowest BCUT2D eigenvalue weighted by atomic mass is 10.0. The maximum absolute atomic E-state index is 8.67. The van der Waals surface area contributed by atoms with Gasteiger partial charge in [0.2, 0.25) is 0 Å². The van der Waals surface area contributed by atoms with Crippen LogP contribution in [-0.4, -0.2) is 0 Å². The van der Waals surface area contributed by atoms with Crippen LogP contribution in [0.5, 0.6) is 0 Å². The molecule has 0 unspecified atom stereocenters. The molecular formula is C14H10N2. The minimum atomic E-state index is 0.0659. The van der Waals surface area contributed by atoms with Crippen molar-refractivity contribution < 1.29 is 0 Å². The quantitative estimate of drug-likeness (QED) is 0.546. The second-order valence-corrected chi connectivity index (χ2v) is 3.09. The summed E-state index contributed by atoms with van der Waals surface area (Å²) in [6.45, 7) is 14.2. The summed E-state index contributed by atoms with van der Waals surface area (Å²) in [4.78, 5) is 3.11. The number of benzene rings is 1. The second kappa shape index (κ2) is 5.34. The van der Waals surface area contributed by atoms with Gasteiger partial charge in [0.15, 0.2) is 0 Å². The summed E-state index contributed by atoms with van der Waals surface area (Å²) in [5.41, 5.74) is 2.74. The first-order chi connectivity index (χ1) is 7.73. The van der Waals surface area contributed by atoms with Crippen LogP contribution in [0.25, 0.3) is 23.1 Å². The van der Waals surface area contributed by atoms with Crippen molar-refractivity contribution in [3.05, 3.63) is 65.2 Å². The van der Waals surface area contributed by atoms with Gasteiger partial charge in [-0.3, -0.25) is 0 Å². The van der Waals surface area contributed by atoms with Crippen molar-refractivity contribution in [3.63, 3.8) is 0 Å². The van der Waals surface area contributed by atoms with Crippen molar-refractivity contribution in [2.45, 2.75) is 0 Å². The van der Waals surface area contributed by atoms with Crippen LogP contribution in [0.4, 0.5) is 0 Å². The van der Waals surface area contributed by atoms with Gasteiger partial charge >= 0.3 is 0 Å². The Morgan fingerprint density at radius 1 is 1.19 bits per heavy atom. The van der Waals surface area contributed by atoms with Gasteiger partial charge in [-0.25, -0.2) is 10.1 Å². The van der Waals surface area contributed by atoms with Crippen molar-refractivity contribution in [1.29, 1.82) is 5.26 Å². The van der Waals surface area contributed by atoms with Crippen LogP contribution >= 0.6 is 0 Å². The number of nitriles is 1. The monoisotopic (exact) mass is 206 g/mol. The van der Waals surface area contributed by atoms with Gasteiger partial charge in [-0.1, -0.05) is 25.3 Å². The fraction of sp³-hybridized carbons (Fsp3) is 0. The standard InChI is InChI=1S/C14H10N2/c1-4-11-6-12(5-2)8-13(7-11)9-14(10-15)16-3/h4-9H,1-2H2. The molecule has 0 saturated carbocycles. The minimum absolute atomic E-state index is 0.0659. The number of allylic oxidation sites excluding steroid dienone is 1. The van der Waals surface area contributed by atoms with E-state index in [1.165, 1.54) is 0 Å². The van der Waals surface area contributed by atoms with E-state index in [9.17, 15) is 0 Å². The van der Waals surface area contributed by atoms with Gasteiger partial charge < -0.3 is 0 Å². The number of hydrogen-bond acceptors (Lipinski definition) is 1. The fourth-order valence-electron chi connectivity index (χ4n) is 1.27. The van der Waals surface area contributed by atoms with E-state index in [0.717, 1.165) is 16.7 Å². The van der Waals surface area contributed by atoms with Gasteiger partial charge in [0, 0.05) is 0 Å². The third-order valence-electron chi connectivity index (χ3n) is 2.01. The molecule has 76 valence electrons. The van der Waals surface area contributed by atoms with Crippen LogP contribution < -0.4 is 0 Å². The highest BCUT2D eigenvalue weighted by atomic mass is 14.7. The van der Waals surface area contributed by atoms with E-state index in [0.29, 0.717) is 0 Å². The van der Waals surface area contributed by atoms with Crippen molar-refractivity contribution in [1.82, 2.24) is 0 Å². The van der Waals surface area contributed by atoms with Crippen molar-refractivity contribution in [2.24, 2.45) is 0 Å². The van der Waals surface area contributed by atoms with Crippen LogP contribution in [0, 0.1) is 17.9 Å². The molecule has 0 saturated heterocycles. The molecule has 0 heterocycles. The predicted molar refractivity (Wildman–Crippen MR) is 66.8 cm³/mol. The van der Waals surface area contributed by atoms with Gasteiger partial charge in [-0.2, -0.15) is 0 Å². The summed E-state index contributed by atoms with van der Waals surface area (Å²) < 4.78 is 0. The fourth-order valence-corrected chi connectivity index (χ4v) is 1.27. The molecule has 2 heteroatoms. The molecule has 1 aromatic rings. The Kier molecular flexibility index (Phi) is 3.83. The molecule has 0 aromatic heterocycles. The normalized spacial score (nSPS) is 10.0. The van der Waals surface area contributed by atoms with E-state index in [1.807, 2.05) is 24.3 Å². The zero-order valence-corrected chi connectivity index (χ0v) is 8.77. The first-order valence-corrected chi connectivity index (χ1v) is 4.62. The van der Waals surface area contributed by atoms with E-state index in [1.54, 1.807) is 18.2 Å². The molecule has 0 N–H and O–H groups in total. The predicted octanol–water partition coefficient (Wildman–Crippen LogP) is 3.76. The zero-order valence-electron chi connectivity index (χ0n) is 8.77. The van der Waals surface area contributed by atoms with Crippen LogP contribution in [-0.2, 0) is 0 Å². The first kappa shape index (κ1) is 11.5. The summed E-state index contributed by atoms with van der Waals surface area (Å²) in [5, 5.41) is 8.67. The van der Waals surface area contributed by atoms with E-state index >= 15 is 0 Å². The first-order valence-electron chi connectivity index (χ1n) is 4.62. The molecule has 0 radical (unpaired) electrons. The third kappa shape index (κ3) is 2.70. The van der Waals surface area contributed by atoms with E-state index in [-0.39, 0.29) is 5.70 Å². The molecule has 16 heavy (non-hydrogen) atoms. The zero-order chi connectivity index (χ0) is 12.0. The maximum Gasteiger partial charge on any atom is 0.262 e. The number of hydrogen-bond donors (Lipinski definition) is 0. The van der Waals surface area contributed by atoms with E-state index in [2.05, 4.69) is 18.0 Å². The van der Waals surface area contributed by atoms with E-state index in [4.69, 9.17) is 11.8 Å². The Hall–Kier alpha value is -2.58. The Labute approximate surface area is 95.3 Å². The second-order valence-electron chi connectivity index (χ2n) is 3.09. The molecule has 0 aliphatic rings. The smallest absolute Gasteiger partial charge is 0.227 e. The Morgan fingerprint density at radius 2 is 1.69 bits per heavy atom. The lowest BCUT2D eigenvalue weighted by Crippen LogP contribution is -1.81. The summed E-state index contributed by atoms with van der Waals surface area (Å²) in [7, 11) is 0. The average Bonchev–Trinajstić information content (AvgIpc) is 2.35. The molecule has 0 aliphatic carbocycles. The molecule has 1 aromatic carbocycles. The maximum atomic E-state index is 8.67. The molecule has 2 nitrogen and oxygen atoms in total. The topological polar surface area (TPSA) is 28.1 Å². The molecule has 0 fully saturated rings. The average molecular weight is 206 g/mol. The molecule has 0 aliphatic heterocycles. The van der Waals surface area contributed by atoms with Crippen molar-refractivity contribution >= 4 is 18.2 Å². The third-order valence-corrected chi connectivity index (χ3v) is 2.01. The van der Waals surface area contributed by atoms with Gasteiger partial charge in [-0.15, -0.1) is 0 Å². The molecule has 0 bridgehead atoms. The highest BCUT2D eigenvalue weighted by molar-refractivity contribution is 5.66. The molecular weight excluding hydrogens is 196 g/mol. The highest BCUT2D eigenvalue weighted by Gasteiger charge is 1.97. The molecule has 0 spiro atoms. The minimum Gasteiger partial charge on any atom is -0.227 e. The van der Waals surface area contributed by atoms with E-state index < -0.39 is 0 Å². The molecule has 0 amide bonds. The lowest BCUT2D eigenvalue weighted by molar-refractivity contribution is 1.50. The highest BCUT2D eigenvalue weighted by Crippen LogP contribution is 2.15. The molecule has 1 rings (SSSR count). The largest absolute Gasteiger partial charge is 0.262 e. The summed E-state index contributed by atoms with van der Waals surface area (Å²) in [6, 6.07) is 7.49. The summed E-state index contributed by atoms with van der Waals surface area (Å²) in [6.07, 6.45) is 4.98. The van der Waals surface area contributed by atoms with Gasteiger partial charge in [-0.05, 0) is 41.0 Å². The van der Waals surface area contributed by atoms with Gasteiger partial charge in [0.1, 0.15) is 0 Å². The van der Waals surface area contributed by atoms with Crippen molar-refractivity contribution in [3.8, 4) is 6.07 Å². The lowest BCUT2D eigenvalue weighted by Gasteiger charge is -2.00. The number of nitrogens with zero attached hydrogens (tertiary/aromatic N) is 2. The Balaban J connectivity index is 3.31. The Morgan fingerprint density at radius 3 is 2.06 bits per heavy atom. The van der Waals surface area contributed by atoms with Gasteiger partial charge in [0.25, 0.3) is 5.70 Å². The van der Waals surface area contributed by atoms with Crippen molar-refractivity contribution in [2.75, 3.05) is 0 Å². The summed E-state index contributed by atoms with van der Waals surface area (Å²) >= 11 is 0. The van der Waals surface area contributed by atoms with Crippen LogP contribution in [0.2, 0.25) is 0 Å². The Bertz CT molecular complexity index is 495. The van der Waals surface area contributed by atoms with Gasteiger partial charge in [0.05, 0.1) is 12.6 Å². The number of rotatable bonds is 3. The molecule has 0 atom stereocenters.